The molecule has 1 atom stereocenters. The Balaban J connectivity index is 1.78. The van der Waals surface area contributed by atoms with Gasteiger partial charge in [-0.05, 0) is 53.9 Å². The number of hydrogen-bond donors (Lipinski definition) is 2. The van der Waals surface area contributed by atoms with Gasteiger partial charge in [0.1, 0.15) is 0 Å². The summed E-state index contributed by atoms with van der Waals surface area (Å²) < 4.78 is 0. The van der Waals surface area contributed by atoms with Gasteiger partial charge in [-0.3, -0.25) is 0 Å². The summed E-state index contributed by atoms with van der Waals surface area (Å²) in [6.45, 7) is 6.50. The second kappa shape index (κ2) is 8.83. The SMILES string of the molecule is Cc1cccc(C(NC(=S)Nc2ccc(C(C)C)cc2)c2ccccc2)c1. The number of benzene rings is 3. The Bertz CT molecular complexity index is 886. The molecule has 0 heterocycles. The van der Waals surface area contributed by atoms with Gasteiger partial charge in [0.25, 0.3) is 0 Å². The summed E-state index contributed by atoms with van der Waals surface area (Å²) in [5.41, 5.74) is 5.93. The fraction of sp³-hybridized carbons (Fsp3) is 0.208. The largest absolute Gasteiger partial charge is 0.352 e. The maximum absolute atomic E-state index is 5.61. The van der Waals surface area contributed by atoms with E-state index in [1.807, 2.05) is 6.07 Å². The van der Waals surface area contributed by atoms with E-state index in [-0.39, 0.29) is 6.04 Å². The molecule has 0 saturated heterocycles. The van der Waals surface area contributed by atoms with Crippen LogP contribution in [0.15, 0.2) is 78.9 Å². The molecule has 3 rings (SSSR count). The molecule has 138 valence electrons. The Morgan fingerprint density at radius 1 is 0.778 bits per heavy atom. The van der Waals surface area contributed by atoms with E-state index in [1.165, 1.54) is 22.3 Å². The maximum Gasteiger partial charge on any atom is 0.171 e. The lowest BCUT2D eigenvalue weighted by atomic mass is 9.97. The zero-order valence-corrected chi connectivity index (χ0v) is 16.9. The predicted octanol–water partition coefficient (Wildman–Crippen LogP) is 6.19. The van der Waals surface area contributed by atoms with Crippen LogP contribution in [0.25, 0.3) is 0 Å². The van der Waals surface area contributed by atoms with Crippen LogP contribution in [0.5, 0.6) is 0 Å². The summed E-state index contributed by atoms with van der Waals surface area (Å²) in [5.74, 6) is 0.521. The van der Waals surface area contributed by atoms with Gasteiger partial charge in [-0.1, -0.05) is 86.1 Å². The first kappa shape index (κ1) is 19.1. The highest BCUT2D eigenvalue weighted by molar-refractivity contribution is 7.80. The van der Waals surface area contributed by atoms with Crippen LogP contribution in [0.1, 0.15) is 48.1 Å². The van der Waals surface area contributed by atoms with Gasteiger partial charge in [0.05, 0.1) is 6.04 Å². The van der Waals surface area contributed by atoms with Crippen molar-refractivity contribution in [1.29, 1.82) is 0 Å². The van der Waals surface area contributed by atoms with E-state index in [0.717, 1.165) is 5.69 Å². The van der Waals surface area contributed by atoms with Crippen LogP contribution in [0, 0.1) is 6.92 Å². The van der Waals surface area contributed by atoms with Gasteiger partial charge >= 0.3 is 0 Å². The van der Waals surface area contributed by atoms with Crippen LogP contribution in [0.2, 0.25) is 0 Å². The van der Waals surface area contributed by atoms with Crippen molar-refractivity contribution in [2.24, 2.45) is 0 Å². The quantitative estimate of drug-likeness (QED) is 0.520. The zero-order valence-electron chi connectivity index (χ0n) is 16.1. The first-order valence-corrected chi connectivity index (χ1v) is 9.73. The second-order valence-corrected chi connectivity index (χ2v) is 7.54. The molecule has 1 unspecified atom stereocenters. The van der Waals surface area contributed by atoms with Gasteiger partial charge in [-0.15, -0.1) is 0 Å². The van der Waals surface area contributed by atoms with Crippen molar-refractivity contribution < 1.29 is 0 Å². The van der Waals surface area contributed by atoms with E-state index >= 15 is 0 Å². The topological polar surface area (TPSA) is 24.1 Å². The first-order valence-electron chi connectivity index (χ1n) is 9.32. The molecular weight excluding hydrogens is 348 g/mol. The molecule has 2 N–H and O–H groups in total. The highest BCUT2D eigenvalue weighted by Gasteiger charge is 2.15. The van der Waals surface area contributed by atoms with Crippen LogP contribution in [0.3, 0.4) is 0 Å². The van der Waals surface area contributed by atoms with Gasteiger partial charge in [0.2, 0.25) is 0 Å². The van der Waals surface area contributed by atoms with E-state index in [9.17, 15) is 0 Å². The molecule has 3 aromatic rings. The van der Waals surface area contributed by atoms with Crippen molar-refractivity contribution in [2.45, 2.75) is 32.7 Å². The third kappa shape index (κ3) is 5.18. The number of hydrogen-bond acceptors (Lipinski definition) is 1. The molecule has 0 saturated carbocycles. The third-order valence-electron chi connectivity index (χ3n) is 4.62. The second-order valence-electron chi connectivity index (χ2n) is 7.13. The standard InChI is InChI=1S/C24H26N2S/c1-17(2)19-12-14-22(15-13-19)25-24(27)26-23(20-9-5-4-6-10-20)21-11-7-8-18(3)16-21/h4-17,23H,1-3H3,(H2,25,26,27). The Morgan fingerprint density at radius 3 is 2.07 bits per heavy atom. The smallest absolute Gasteiger partial charge is 0.171 e. The lowest BCUT2D eigenvalue weighted by Gasteiger charge is -2.22. The molecule has 0 bridgehead atoms. The number of anilines is 1. The van der Waals surface area contributed by atoms with Crippen molar-refractivity contribution in [3.8, 4) is 0 Å². The van der Waals surface area contributed by atoms with Gasteiger partial charge < -0.3 is 10.6 Å². The highest BCUT2D eigenvalue weighted by atomic mass is 32.1. The van der Waals surface area contributed by atoms with Gasteiger partial charge in [0, 0.05) is 5.69 Å². The van der Waals surface area contributed by atoms with Crippen LogP contribution in [-0.4, -0.2) is 5.11 Å². The van der Waals surface area contributed by atoms with Crippen molar-refractivity contribution in [2.75, 3.05) is 5.32 Å². The molecule has 0 fully saturated rings. The van der Waals surface area contributed by atoms with Crippen molar-refractivity contribution in [3.63, 3.8) is 0 Å². The van der Waals surface area contributed by atoms with Crippen molar-refractivity contribution in [3.05, 3.63) is 101 Å². The number of thiocarbonyl (C=S) groups is 1. The minimum atomic E-state index is 0.000960. The van der Waals surface area contributed by atoms with Crippen LogP contribution < -0.4 is 10.6 Å². The molecule has 0 amide bonds. The minimum Gasteiger partial charge on any atom is -0.352 e. The average molecular weight is 375 g/mol. The van der Waals surface area contributed by atoms with E-state index in [0.29, 0.717) is 11.0 Å². The fourth-order valence-corrected chi connectivity index (χ4v) is 3.34. The van der Waals surface area contributed by atoms with Crippen molar-refractivity contribution >= 4 is 23.0 Å². The molecular formula is C24H26N2S. The Labute approximate surface area is 167 Å². The highest BCUT2D eigenvalue weighted by Crippen LogP contribution is 2.23. The zero-order chi connectivity index (χ0) is 19.2. The molecule has 3 aromatic carbocycles. The molecule has 0 aliphatic rings. The van der Waals surface area contributed by atoms with Crippen LogP contribution in [-0.2, 0) is 0 Å². The summed E-state index contributed by atoms with van der Waals surface area (Å²) in [6, 6.07) is 27.4. The lowest BCUT2D eigenvalue weighted by Crippen LogP contribution is -2.33. The molecule has 0 radical (unpaired) electrons. The monoisotopic (exact) mass is 374 g/mol. The summed E-state index contributed by atoms with van der Waals surface area (Å²) in [4.78, 5) is 0. The summed E-state index contributed by atoms with van der Waals surface area (Å²) in [7, 11) is 0. The summed E-state index contributed by atoms with van der Waals surface area (Å²) in [6.07, 6.45) is 0. The number of nitrogens with one attached hydrogen (secondary N) is 2. The van der Waals surface area contributed by atoms with Gasteiger partial charge in [-0.25, -0.2) is 0 Å². The minimum absolute atomic E-state index is 0.000960. The lowest BCUT2D eigenvalue weighted by molar-refractivity contribution is 0.767. The molecule has 3 heteroatoms. The van der Waals surface area contributed by atoms with Gasteiger partial charge in [-0.2, -0.15) is 0 Å². The van der Waals surface area contributed by atoms with Crippen LogP contribution in [0.4, 0.5) is 5.69 Å². The molecule has 0 aliphatic heterocycles. The van der Waals surface area contributed by atoms with E-state index < -0.39 is 0 Å². The summed E-state index contributed by atoms with van der Waals surface area (Å²) >= 11 is 5.61. The predicted molar refractivity (Wildman–Crippen MR) is 119 cm³/mol. The molecule has 0 aliphatic carbocycles. The van der Waals surface area contributed by atoms with Crippen molar-refractivity contribution in [1.82, 2.24) is 5.32 Å². The van der Waals surface area contributed by atoms with E-state index in [2.05, 4.69) is 104 Å². The van der Waals surface area contributed by atoms with E-state index in [4.69, 9.17) is 12.2 Å². The third-order valence-corrected chi connectivity index (χ3v) is 4.84. The number of rotatable bonds is 5. The Morgan fingerprint density at radius 2 is 1.44 bits per heavy atom. The molecule has 27 heavy (non-hydrogen) atoms. The number of aryl methyl sites for hydroxylation is 1. The maximum atomic E-state index is 5.61. The van der Waals surface area contributed by atoms with E-state index in [1.54, 1.807) is 0 Å². The Hall–Kier alpha value is -2.65. The first-order chi connectivity index (χ1) is 13.0. The molecule has 2 nitrogen and oxygen atoms in total. The van der Waals surface area contributed by atoms with Gasteiger partial charge in [0.15, 0.2) is 5.11 Å². The van der Waals surface area contributed by atoms with Crippen LogP contribution >= 0.6 is 12.2 Å². The summed E-state index contributed by atoms with van der Waals surface area (Å²) in [5, 5.41) is 7.41. The normalized spacial score (nSPS) is 11.9. The Kier molecular flexibility index (Phi) is 6.25. The molecule has 0 spiro atoms. The molecule has 0 aromatic heterocycles. The average Bonchev–Trinajstić information content (AvgIpc) is 2.67. The fourth-order valence-electron chi connectivity index (χ4n) is 3.10.